The summed E-state index contributed by atoms with van der Waals surface area (Å²) in [5.41, 5.74) is 0. The van der Waals surface area contributed by atoms with Crippen molar-refractivity contribution < 1.29 is 8.42 Å². The first-order valence-electron chi connectivity index (χ1n) is 3.61. The molecule has 6 nitrogen and oxygen atoms in total. The van der Waals surface area contributed by atoms with Crippen molar-refractivity contribution in [3.05, 3.63) is 12.4 Å². The molecule has 0 aliphatic heterocycles. The first kappa shape index (κ1) is 10.2. The van der Waals surface area contributed by atoms with Gasteiger partial charge in [0, 0.05) is 6.20 Å². The highest BCUT2D eigenvalue weighted by Crippen LogP contribution is 2.14. The number of hydrogen-bond donors (Lipinski definition) is 1. The third-order valence-electron chi connectivity index (χ3n) is 1.46. The van der Waals surface area contributed by atoms with Crippen LogP contribution in [-0.2, 0) is 10.2 Å². The van der Waals surface area contributed by atoms with Gasteiger partial charge in [0.05, 0.1) is 27.3 Å². The lowest BCUT2D eigenvalue weighted by Crippen LogP contribution is -2.39. The summed E-state index contributed by atoms with van der Waals surface area (Å²) in [4.78, 5) is 3.93. The van der Waals surface area contributed by atoms with Crippen LogP contribution in [0.4, 0.5) is 5.95 Å². The maximum absolute atomic E-state index is 11.1. The van der Waals surface area contributed by atoms with E-state index in [1.165, 1.54) is 12.4 Å². The van der Waals surface area contributed by atoms with Crippen molar-refractivity contribution in [1.82, 2.24) is 13.4 Å². The van der Waals surface area contributed by atoms with Crippen molar-refractivity contribution in [3.63, 3.8) is 0 Å². The zero-order valence-electron chi connectivity index (χ0n) is 7.80. The molecule has 0 spiro atoms. The Morgan fingerprint density at radius 1 is 1.46 bits per heavy atom. The van der Waals surface area contributed by atoms with Crippen LogP contribution in [0.1, 0.15) is 0 Å². The summed E-state index contributed by atoms with van der Waals surface area (Å²) in [6.45, 7) is 0. The number of hydrogen-bond acceptors (Lipinski definition) is 3. The predicted octanol–water partition coefficient (Wildman–Crippen LogP) is -0.869. The minimum absolute atomic E-state index is 0.295. The van der Waals surface area contributed by atoms with Crippen LogP contribution in [-0.4, -0.2) is 38.5 Å². The average Bonchev–Trinajstić information content (AvgIpc) is 2.27. The van der Waals surface area contributed by atoms with Crippen LogP contribution in [0.25, 0.3) is 0 Å². The van der Waals surface area contributed by atoms with Crippen molar-refractivity contribution in [3.8, 4) is 0 Å². The Bertz CT molecular complexity index is 401. The zero-order valence-corrected chi connectivity index (χ0v) is 8.61. The van der Waals surface area contributed by atoms with Gasteiger partial charge >= 0.3 is 16.2 Å². The van der Waals surface area contributed by atoms with Gasteiger partial charge in [0.15, 0.2) is 0 Å². The molecule has 0 aliphatic carbocycles. The van der Waals surface area contributed by atoms with E-state index in [-0.39, 0.29) is 0 Å². The number of rotatable bonds is 2. The molecule has 74 valence electrons. The Hall–Kier alpha value is -0.920. The summed E-state index contributed by atoms with van der Waals surface area (Å²) in [7, 11) is 1.69. The van der Waals surface area contributed by atoms with Crippen molar-refractivity contribution in [1.29, 1.82) is 0 Å². The molecule has 0 aliphatic rings. The van der Waals surface area contributed by atoms with E-state index in [1.807, 2.05) is 21.1 Å². The molecule has 0 bridgehead atoms. The fraction of sp³-hybridized carbons (Fsp3) is 0.500. The molecule has 1 rings (SSSR count). The van der Waals surface area contributed by atoms with Crippen molar-refractivity contribution in [2.24, 2.45) is 5.14 Å². The Balaban J connectivity index is 3.35. The monoisotopic (exact) mass is 205 g/mol. The van der Waals surface area contributed by atoms with Gasteiger partial charge in [-0.2, -0.15) is 17.4 Å². The lowest BCUT2D eigenvalue weighted by atomic mass is 10.7. The fourth-order valence-electron chi connectivity index (χ4n) is 0.952. The molecule has 0 unspecified atom stereocenters. The van der Waals surface area contributed by atoms with Gasteiger partial charge in [0.25, 0.3) is 0 Å². The van der Waals surface area contributed by atoms with Crippen molar-refractivity contribution >= 4 is 16.2 Å². The van der Waals surface area contributed by atoms with E-state index in [1.54, 1.807) is 0 Å². The molecule has 0 amide bonds. The van der Waals surface area contributed by atoms with Gasteiger partial charge in [-0.1, -0.05) is 0 Å². The van der Waals surface area contributed by atoms with E-state index in [2.05, 4.69) is 4.98 Å². The third kappa shape index (κ3) is 2.06. The maximum Gasteiger partial charge on any atom is 0.323 e. The highest BCUT2D eigenvalue weighted by Gasteiger charge is 2.24. The van der Waals surface area contributed by atoms with Crippen molar-refractivity contribution in [2.45, 2.75) is 0 Å². The molecule has 13 heavy (non-hydrogen) atoms. The van der Waals surface area contributed by atoms with E-state index < -0.39 is 10.2 Å². The Labute approximate surface area is 77.4 Å². The molecule has 0 aromatic carbocycles. The highest BCUT2D eigenvalue weighted by atomic mass is 32.2. The van der Waals surface area contributed by atoms with Crippen LogP contribution in [0.15, 0.2) is 12.4 Å². The topological polar surface area (TPSA) is 78.0 Å². The second-order valence-electron chi connectivity index (χ2n) is 3.58. The summed E-state index contributed by atoms with van der Waals surface area (Å²) in [5, 5.41) is 4.98. The van der Waals surface area contributed by atoms with E-state index >= 15 is 0 Å². The van der Waals surface area contributed by atoms with Crippen LogP contribution in [0.3, 0.4) is 0 Å². The molecule has 0 fully saturated rings. The maximum atomic E-state index is 11.1. The number of nitrogens with zero attached hydrogens (tertiary/aromatic N) is 3. The first-order valence-corrected chi connectivity index (χ1v) is 5.12. The smallest absolute Gasteiger partial charge is 0.265 e. The second-order valence-corrected chi connectivity index (χ2v) is 5.00. The molecule has 0 saturated heterocycles. The van der Waals surface area contributed by atoms with Gasteiger partial charge in [-0.3, -0.25) is 4.48 Å². The fourth-order valence-corrected chi connectivity index (χ4v) is 1.70. The van der Waals surface area contributed by atoms with Crippen LogP contribution in [0.5, 0.6) is 0 Å². The van der Waals surface area contributed by atoms with Gasteiger partial charge in [-0.25, -0.2) is 5.14 Å². The average molecular weight is 205 g/mol. The SMILES string of the molecule is C[N+](C)(C)c1nccn1S(N)(=O)=O. The lowest BCUT2D eigenvalue weighted by Gasteiger charge is -2.21. The first-order chi connectivity index (χ1) is 5.73. The molecule has 0 atom stereocenters. The van der Waals surface area contributed by atoms with Gasteiger partial charge < -0.3 is 0 Å². The summed E-state index contributed by atoms with van der Waals surface area (Å²) in [5.74, 6) is 0.377. The van der Waals surface area contributed by atoms with E-state index in [0.717, 1.165) is 3.97 Å². The minimum Gasteiger partial charge on any atom is -0.265 e. The van der Waals surface area contributed by atoms with E-state index in [0.29, 0.717) is 10.4 Å². The van der Waals surface area contributed by atoms with Gasteiger partial charge in [-0.15, -0.1) is 0 Å². The largest absolute Gasteiger partial charge is 0.323 e. The summed E-state index contributed by atoms with van der Waals surface area (Å²) >= 11 is 0. The lowest BCUT2D eigenvalue weighted by molar-refractivity contribution is 0.454. The Morgan fingerprint density at radius 2 is 2.00 bits per heavy atom. The number of nitrogens with two attached hydrogens (primary N) is 1. The normalized spacial score (nSPS) is 13.2. The molecule has 1 aromatic heterocycles. The number of quaternary nitrogens is 1. The standard InChI is InChI=1S/C6H13N4O2S/c1-10(2,3)6-8-4-5-9(6)13(7,11)12/h4-5H,1-3H3,(H2,7,11,12)/q+1. The molecule has 0 saturated carbocycles. The highest BCUT2D eigenvalue weighted by molar-refractivity contribution is 7.87. The molecular weight excluding hydrogens is 192 g/mol. The van der Waals surface area contributed by atoms with Gasteiger partial charge in [0.1, 0.15) is 0 Å². The van der Waals surface area contributed by atoms with E-state index in [4.69, 9.17) is 5.14 Å². The molecular formula is C6H13N4O2S+. The third-order valence-corrected chi connectivity index (χ3v) is 2.30. The number of aromatic nitrogens is 2. The molecule has 7 heteroatoms. The Morgan fingerprint density at radius 3 is 2.31 bits per heavy atom. The van der Waals surface area contributed by atoms with Crippen molar-refractivity contribution in [2.75, 3.05) is 21.1 Å². The number of imidazole rings is 1. The van der Waals surface area contributed by atoms with Crippen LogP contribution >= 0.6 is 0 Å². The van der Waals surface area contributed by atoms with E-state index in [9.17, 15) is 8.42 Å². The van der Waals surface area contributed by atoms with Crippen LogP contribution < -0.4 is 9.62 Å². The van der Waals surface area contributed by atoms with Gasteiger partial charge in [-0.05, 0) is 0 Å². The summed E-state index contributed by atoms with van der Waals surface area (Å²) in [6.07, 6.45) is 2.73. The molecule has 0 radical (unpaired) electrons. The second kappa shape index (κ2) is 2.79. The van der Waals surface area contributed by atoms with Gasteiger partial charge in [0.2, 0.25) is 0 Å². The molecule has 1 aromatic rings. The van der Waals surface area contributed by atoms with Crippen LogP contribution in [0, 0.1) is 0 Å². The molecule has 2 N–H and O–H groups in total. The zero-order chi connectivity index (χ0) is 10.3. The summed E-state index contributed by atoms with van der Waals surface area (Å²) in [6, 6.07) is 0. The summed E-state index contributed by atoms with van der Waals surface area (Å²) < 4.78 is 23.4. The quantitative estimate of drug-likeness (QED) is 0.638. The van der Waals surface area contributed by atoms with Crippen LogP contribution in [0.2, 0.25) is 0 Å². The Kier molecular flexibility index (Phi) is 2.18. The molecule has 1 heterocycles. The minimum atomic E-state index is -3.73. The predicted molar refractivity (Wildman–Crippen MR) is 50.3 cm³/mol.